The first-order chi connectivity index (χ1) is 10.0. The zero-order chi connectivity index (χ0) is 15.7. The van der Waals surface area contributed by atoms with Crippen molar-refractivity contribution >= 4 is 5.91 Å². The summed E-state index contributed by atoms with van der Waals surface area (Å²) in [6, 6.07) is 3.48. The van der Waals surface area contributed by atoms with Crippen LogP contribution in [0.1, 0.15) is 31.7 Å². The first kappa shape index (κ1) is 17.6. The number of aromatic nitrogens is 1. The summed E-state index contributed by atoms with van der Waals surface area (Å²) in [4.78, 5) is 20.6. The molecule has 0 radical (unpaired) electrons. The lowest BCUT2D eigenvalue weighted by molar-refractivity contribution is -0.133. The van der Waals surface area contributed by atoms with Crippen LogP contribution in [0.25, 0.3) is 0 Å². The van der Waals surface area contributed by atoms with Gasteiger partial charge in [-0.05, 0) is 32.1 Å². The minimum atomic E-state index is -0.399. The van der Waals surface area contributed by atoms with Crippen LogP contribution in [-0.2, 0) is 11.3 Å². The van der Waals surface area contributed by atoms with E-state index in [4.69, 9.17) is 5.73 Å². The van der Waals surface area contributed by atoms with E-state index >= 15 is 0 Å². The summed E-state index contributed by atoms with van der Waals surface area (Å²) in [5, 5.41) is 0. The number of carbonyl (C=O) groups is 1. The molecule has 0 aliphatic heterocycles. The molecular formula is C16H28N4O. The quantitative estimate of drug-likeness (QED) is 0.749. The molecule has 0 saturated carbocycles. The Morgan fingerprint density at radius 1 is 1.38 bits per heavy atom. The van der Waals surface area contributed by atoms with E-state index in [9.17, 15) is 4.79 Å². The lowest BCUT2D eigenvalue weighted by atomic mass is 10.1. The Kier molecular flexibility index (Phi) is 7.93. The van der Waals surface area contributed by atoms with Crippen LogP contribution in [0.15, 0.2) is 24.5 Å². The molecule has 1 aromatic rings. The predicted octanol–water partition coefficient (Wildman–Crippen LogP) is 1.49. The second-order valence-corrected chi connectivity index (χ2v) is 5.67. The molecule has 1 rings (SSSR count). The smallest absolute Gasteiger partial charge is 0.239 e. The number of carbonyl (C=O) groups excluding carboxylic acids is 1. The molecule has 0 spiro atoms. The van der Waals surface area contributed by atoms with Gasteiger partial charge in [0.2, 0.25) is 5.91 Å². The zero-order valence-corrected chi connectivity index (χ0v) is 13.5. The third kappa shape index (κ3) is 6.69. The van der Waals surface area contributed by atoms with Gasteiger partial charge in [-0.25, -0.2) is 0 Å². The molecule has 0 aliphatic rings. The van der Waals surface area contributed by atoms with Crippen LogP contribution in [0.5, 0.6) is 0 Å². The number of hydrogen-bond acceptors (Lipinski definition) is 4. The summed E-state index contributed by atoms with van der Waals surface area (Å²) in [5.41, 5.74) is 7.08. The van der Waals surface area contributed by atoms with Crippen LogP contribution in [-0.4, -0.2) is 53.9 Å². The Hall–Kier alpha value is -1.46. The van der Waals surface area contributed by atoms with Crippen molar-refractivity contribution in [3.8, 4) is 0 Å². The number of hydrogen-bond donors (Lipinski definition) is 1. The maximum absolute atomic E-state index is 12.5. The Balaban J connectivity index is 2.68. The van der Waals surface area contributed by atoms with Crippen molar-refractivity contribution in [1.82, 2.24) is 14.8 Å². The van der Waals surface area contributed by atoms with Gasteiger partial charge in [0, 0.05) is 32.0 Å². The fraction of sp³-hybridized carbons (Fsp3) is 0.625. The van der Waals surface area contributed by atoms with E-state index < -0.39 is 6.04 Å². The van der Waals surface area contributed by atoms with Gasteiger partial charge in [-0.15, -0.1) is 0 Å². The molecule has 21 heavy (non-hydrogen) atoms. The molecule has 0 fully saturated rings. The Bertz CT molecular complexity index is 408. The largest absolute Gasteiger partial charge is 0.336 e. The molecule has 1 amide bonds. The molecule has 5 heteroatoms. The summed E-state index contributed by atoms with van der Waals surface area (Å²) >= 11 is 0. The van der Waals surface area contributed by atoms with Gasteiger partial charge in [0.1, 0.15) is 0 Å². The monoisotopic (exact) mass is 292 g/mol. The first-order valence-corrected chi connectivity index (χ1v) is 7.62. The SMILES string of the molecule is CCCCC(N)C(=O)N(CCN(C)C)Cc1cccnc1. The normalized spacial score (nSPS) is 12.4. The van der Waals surface area contributed by atoms with Gasteiger partial charge in [0.15, 0.2) is 0 Å². The van der Waals surface area contributed by atoms with Crippen molar-refractivity contribution in [2.75, 3.05) is 27.2 Å². The standard InChI is InChI=1S/C16H28N4O/c1-4-5-8-15(17)16(21)20(11-10-19(2)3)13-14-7-6-9-18-12-14/h6-7,9,12,15H,4-5,8,10-11,13,17H2,1-3H3. The van der Waals surface area contributed by atoms with Crippen molar-refractivity contribution in [1.29, 1.82) is 0 Å². The van der Waals surface area contributed by atoms with Crippen LogP contribution < -0.4 is 5.73 Å². The fourth-order valence-electron chi connectivity index (χ4n) is 2.08. The van der Waals surface area contributed by atoms with Crippen LogP contribution in [0.2, 0.25) is 0 Å². The number of nitrogens with two attached hydrogens (primary N) is 1. The van der Waals surface area contributed by atoms with Gasteiger partial charge < -0.3 is 15.5 Å². The van der Waals surface area contributed by atoms with E-state index in [-0.39, 0.29) is 5.91 Å². The summed E-state index contributed by atoms with van der Waals surface area (Å²) in [7, 11) is 4.01. The van der Waals surface area contributed by atoms with Gasteiger partial charge in [0.05, 0.1) is 6.04 Å². The maximum Gasteiger partial charge on any atom is 0.239 e. The van der Waals surface area contributed by atoms with E-state index in [2.05, 4.69) is 16.8 Å². The third-order valence-electron chi connectivity index (χ3n) is 3.41. The van der Waals surface area contributed by atoms with Crippen molar-refractivity contribution < 1.29 is 4.79 Å². The average Bonchev–Trinajstić information content (AvgIpc) is 2.49. The predicted molar refractivity (Wildman–Crippen MR) is 85.7 cm³/mol. The highest BCUT2D eigenvalue weighted by molar-refractivity contribution is 5.81. The highest BCUT2D eigenvalue weighted by Gasteiger charge is 2.20. The van der Waals surface area contributed by atoms with Crippen LogP contribution in [0, 0.1) is 0 Å². The van der Waals surface area contributed by atoms with Crippen molar-refractivity contribution in [3.63, 3.8) is 0 Å². The van der Waals surface area contributed by atoms with Crippen molar-refractivity contribution in [2.45, 2.75) is 38.8 Å². The Morgan fingerprint density at radius 2 is 2.14 bits per heavy atom. The average molecular weight is 292 g/mol. The Labute approximate surface area is 128 Å². The lowest BCUT2D eigenvalue weighted by Gasteiger charge is -2.27. The third-order valence-corrected chi connectivity index (χ3v) is 3.41. The summed E-state index contributed by atoms with van der Waals surface area (Å²) in [6.45, 7) is 4.18. The number of unbranched alkanes of at least 4 members (excludes halogenated alkanes) is 1. The molecule has 5 nitrogen and oxygen atoms in total. The van der Waals surface area contributed by atoms with Crippen LogP contribution in [0.3, 0.4) is 0 Å². The van der Waals surface area contributed by atoms with E-state index in [0.717, 1.165) is 31.4 Å². The molecule has 1 heterocycles. The summed E-state index contributed by atoms with van der Waals surface area (Å²) in [5.74, 6) is 0.0363. The summed E-state index contributed by atoms with van der Waals surface area (Å²) in [6.07, 6.45) is 6.33. The molecule has 1 aromatic heterocycles. The second-order valence-electron chi connectivity index (χ2n) is 5.67. The molecule has 0 aromatic carbocycles. The fourth-order valence-corrected chi connectivity index (χ4v) is 2.08. The number of pyridine rings is 1. The zero-order valence-electron chi connectivity index (χ0n) is 13.5. The highest BCUT2D eigenvalue weighted by atomic mass is 16.2. The first-order valence-electron chi connectivity index (χ1n) is 7.62. The van der Waals surface area contributed by atoms with Crippen LogP contribution in [0.4, 0.5) is 0 Å². The van der Waals surface area contributed by atoms with Gasteiger partial charge >= 0.3 is 0 Å². The van der Waals surface area contributed by atoms with Gasteiger partial charge in [-0.3, -0.25) is 9.78 Å². The van der Waals surface area contributed by atoms with Crippen molar-refractivity contribution in [2.24, 2.45) is 5.73 Å². The van der Waals surface area contributed by atoms with E-state index in [0.29, 0.717) is 13.1 Å². The maximum atomic E-state index is 12.5. The number of likely N-dealkylation sites (N-methyl/N-ethyl adjacent to an activating group) is 1. The number of rotatable bonds is 9. The molecule has 0 aliphatic carbocycles. The number of amides is 1. The molecule has 0 saturated heterocycles. The second kappa shape index (κ2) is 9.47. The molecule has 118 valence electrons. The van der Waals surface area contributed by atoms with Crippen LogP contribution >= 0.6 is 0 Å². The molecular weight excluding hydrogens is 264 g/mol. The molecule has 1 unspecified atom stereocenters. The van der Waals surface area contributed by atoms with E-state index in [1.807, 2.05) is 31.1 Å². The lowest BCUT2D eigenvalue weighted by Crippen LogP contribution is -2.45. The van der Waals surface area contributed by atoms with Gasteiger partial charge in [-0.1, -0.05) is 25.8 Å². The molecule has 2 N–H and O–H groups in total. The van der Waals surface area contributed by atoms with E-state index in [1.54, 1.807) is 12.4 Å². The summed E-state index contributed by atoms with van der Waals surface area (Å²) < 4.78 is 0. The number of nitrogens with zero attached hydrogens (tertiary/aromatic N) is 3. The molecule has 0 bridgehead atoms. The minimum absolute atomic E-state index is 0.0363. The van der Waals surface area contributed by atoms with Gasteiger partial charge in [0.25, 0.3) is 0 Å². The van der Waals surface area contributed by atoms with Crippen molar-refractivity contribution in [3.05, 3.63) is 30.1 Å². The Morgan fingerprint density at radius 3 is 2.71 bits per heavy atom. The van der Waals surface area contributed by atoms with Gasteiger partial charge in [-0.2, -0.15) is 0 Å². The topological polar surface area (TPSA) is 62.5 Å². The molecule has 1 atom stereocenters. The minimum Gasteiger partial charge on any atom is -0.336 e. The highest BCUT2D eigenvalue weighted by Crippen LogP contribution is 2.08. The van der Waals surface area contributed by atoms with E-state index in [1.165, 1.54) is 0 Å².